The van der Waals surface area contributed by atoms with Gasteiger partial charge in [0.15, 0.2) is 5.96 Å². The zero-order valence-corrected chi connectivity index (χ0v) is 17.0. The lowest BCUT2D eigenvalue weighted by atomic mass is 9.64. The molecule has 0 spiro atoms. The molecule has 2 N–H and O–H groups in total. The van der Waals surface area contributed by atoms with Gasteiger partial charge in [-0.3, -0.25) is 4.99 Å². The molecule has 1 aromatic carbocycles. The van der Waals surface area contributed by atoms with Crippen molar-refractivity contribution < 1.29 is 4.74 Å². The molecule has 4 nitrogen and oxygen atoms in total. The van der Waals surface area contributed by atoms with Gasteiger partial charge in [-0.15, -0.1) is 24.0 Å². The number of hydrogen-bond donors (Lipinski definition) is 2. The van der Waals surface area contributed by atoms with Gasteiger partial charge >= 0.3 is 0 Å². The molecule has 1 fully saturated rings. The number of hydrogen-bond acceptors (Lipinski definition) is 2. The minimum absolute atomic E-state index is 0. The number of nitrogens with one attached hydrogen (secondary N) is 2. The first-order valence-electron chi connectivity index (χ1n) is 7.90. The Hall–Kier alpha value is -0.530. The number of guanidine groups is 1. The van der Waals surface area contributed by atoms with E-state index >= 15 is 0 Å². The number of methoxy groups -OCH3 is 1. The highest BCUT2D eigenvalue weighted by atomic mass is 127. The third kappa shape index (κ3) is 5.80. The molecule has 23 heavy (non-hydrogen) atoms. The van der Waals surface area contributed by atoms with Gasteiger partial charge in [-0.05, 0) is 37.0 Å². The molecule has 0 saturated heterocycles. The molecule has 0 aliphatic heterocycles. The number of aliphatic imine (C=N–C) groups is 1. The maximum atomic E-state index is 6.00. The summed E-state index contributed by atoms with van der Waals surface area (Å²) < 4.78 is 5.05. The smallest absolute Gasteiger partial charge is 0.191 e. The van der Waals surface area contributed by atoms with Gasteiger partial charge in [0.1, 0.15) is 0 Å². The van der Waals surface area contributed by atoms with E-state index in [1.54, 1.807) is 14.2 Å². The van der Waals surface area contributed by atoms with Gasteiger partial charge in [-0.2, -0.15) is 0 Å². The molecule has 0 radical (unpaired) electrons. The zero-order valence-electron chi connectivity index (χ0n) is 13.9. The first-order chi connectivity index (χ1) is 10.7. The van der Waals surface area contributed by atoms with Crippen molar-refractivity contribution in [3.63, 3.8) is 0 Å². The van der Waals surface area contributed by atoms with Crippen LogP contribution in [0.2, 0.25) is 5.02 Å². The number of halogens is 2. The minimum atomic E-state index is 0. The molecule has 0 heterocycles. The van der Waals surface area contributed by atoms with Crippen LogP contribution in [0.1, 0.15) is 31.2 Å². The van der Waals surface area contributed by atoms with E-state index in [1.165, 1.54) is 24.8 Å². The largest absolute Gasteiger partial charge is 0.385 e. The summed E-state index contributed by atoms with van der Waals surface area (Å²) >= 11 is 6.00. The zero-order chi connectivity index (χ0) is 15.8. The van der Waals surface area contributed by atoms with Crippen LogP contribution in [-0.4, -0.2) is 39.8 Å². The molecule has 1 aliphatic rings. The van der Waals surface area contributed by atoms with Gasteiger partial charge in [-0.25, -0.2) is 0 Å². The van der Waals surface area contributed by atoms with Gasteiger partial charge in [0, 0.05) is 44.3 Å². The molecule has 2 rings (SSSR count). The van der Waals surface area contributed by atoms with Crippen LogP contribution in [0.4, 0.5) is 0 Å². The quantitative estimate of drug-likeness (QED) is 0.288. The summed E-state index contributed by atoms with van der Waals surface area (Å²) in [7, 11) is 3.53. The molecule has 0 bridgehead atoms. The third-order valence-corrected chi connectivity index (χ3v) is 4.65. The van der Waals surface area contributed by atoms with E-state index in [-0.39, 0.29) is 29.4 Å². The van der Waals surface area contributed by atoms with E-state index in [4.69, 9.17) is 16.3 Å². The van der Waals surface area contributed by atoms with Crippen molar-refractivity contribution >= 4 is 41.5 Å². The molecular weight excluding hydrogens is 425 g/mol. The van der Waals surface area contributed by atoms with Gasteiger partial charge in [0.25, 0.3) is 0 Å². The average molecular weight is 452 g/mol. The van der Waals surface area contributed by atoms with Gasteiger partial charge in [0.2, 0.25) is 0 Å². The molecule has 1 aliphatic carbocycles. The molecular formula is C17H27ClIN3O. The maximum absolute atomic E-state index is 6.00. The van der Waals surface area contributed by atoms with Crippen molar-refractivity contribution in [2.75, 3.05) is 33.9 Å². The Morgan fingerprint density at radius 1 is 1.26 bits per heavy atom. The van der Waals surface area contributed by atoms with Crippen LogP contribution in [0.5, 0.6) is 0 Å². The lowest BCUT2D eigenvalue weighted by Crippen LogP contribution is -2.49. The molecule has 0 aromatic heterocycles. The Bertz CT molecular complexity index is 489. The molecule has 0 atom stereocenters. The highest BCUT2D eigenvalue weighted by Crippen LogP contribution is 2.43. The van der Waals surface area contributed by atoms with Crippen molar-refractivity contribution in [3.8, 4) is 0 Å². The van der Waals surface area contributed by atoms with Crippen LogP contribution >= 0.6 is 35.6 Å². The summed E-state index contributed by atoms with van der Waals surface area (Å²) in [5.74, 6) is 0.858. The number of benzene rings is 1. The molecule has 1 saturated carbocycles. The van der Waals surface area contributed by atoms with Crippen molar-refractivity contribution in [1.82, 2.24) is 10.6 Å². The monoisotopic (exact) mass is 451 g/mol. The second-order valence-electron chi connectivity index (χ2n) is 5.84. The summed E-state index contributed by atoms with van der Waals surface area (Å²) in [5.41, 5.74) is 1.58. The fourth-order valence-corrected chi connectivity index (χ4v) is 3.00. The normalized spacial score (nSPS) is 16.2. The lowest BCUT2D eigenvalue weighted by molar-refractivity contribution is 0.195. The first kappa shape index (κ1) is 20.5. The number of rotatable bonds is 7. The van der Waals surface area contributed by atoms with E-state index < -0.39 is 0 Å². The van der Waals surface area contributed by atoms with E-state index in [9.17, 15) is 0 Å². The lowest BCUT2D eigenvalue weighted by Gasteiger charge is -2.43. The number of nitrogens with zero attached hydrogens (tertiary/aromatic N) is 1. The van der Waals surface area contributed by atoms with Gasteiger partial charge < -0.3 is 15.4 Å². The SMILES string of the molecule is CN=C(NCCCOC)NCC1(c2ccc(Cl)cc2)CCC1.I. The Morgan fingerprint density at radius 3 is 2.48 bits per heavy atom. The maximum Gasteiger partial charge on any atom is 0.191 e. The second kappa shape index (κ2) is 10.4. The fraction of sp³-hybridized carbons (Fsp3) is 0.588. The summed E-state index contributed by atoms with van der Waals surface area (Å²) in [5, 5.41) is 7.58. The summed E-state index contributed by atoms with van der Waals surface area (Å²) in [4.78, 5) is 4.29. The number of ether oxygens (including phenoxy) is 1. The average Bonchev–Trinajstić information content (AvgIpc) is 2.49. The van der Waals surface area contributed by atoms with E-state index in [2.05, 4.69) is 27.8 Å². The minimum Gasteiger partial charge on any atom is -0.385 e. The van der Waals surface area contributed by atoms with E-state index in [0.717, 1.165) is 37.1 Å². The topological polar surface area (TPSA) is 45.7 Å². The Labute approximate surface area is 161 Å². The summed E-state index contributed by atoms with van der Waals surface area (Å²) in [6.45, 7) is 2.53. The highest BCUT2D eigenvalue weighted by Gasteiger charge is 2.38. The van der Waals surface area contributed by atoms with Crippen LogP contribution < -0.4 is 10.6 Å². The molecule has 0 amide bonds. The van der Waals surface area contributed by atoms with Crippen molar-refractivity contribution in [1.29, 1.82) is 0 Å². The summed E-state index contributed by atoms with van der Waals surface area (Å²) in [6, 6.07) is 8.26. The molecule has 1 aromatic rings. The van der Waals surface area contributed by atoms with Crippen molar-refractivity contribution in [3.05, 3.63) is 34.9 Å². The van der Waals surface area contributed by atoms with E-state index in [1.807, 2.05) is 12.1 Å². The Morgan fingerprint density at radius 2 is 1.96 bits per heavy atom. The van der Waals surface area contributed by atoms with Crippen LogP contribution in [-0.2, 0) is 10.2 Å². The van der Waals surface area contributed by atoms with Gasteiger partial charge in [-0.1, -0.05) is 30.2 Å². The van der Waals surface area contributed by atoms with Crippen LogP contribution in [0, 0.1) is 0 Å². The van der Waals surface area contributed by atoms with Crippen molar-refractivity contribution in [2.45, 2.75) is 31.1 Å². The van der Waals surface area contributed by atoms with Crippen LogP contribution in [0.3, 0.4) is 0 Å². The fourth-order valence-electron chi connectivity index (χ4n) is 2.87. The Kier molecular flexibility index (Phi) is 9.24. The highest BCUT2D eigenvalue weighted by molar-refractivity contribution is 14.0. The Balaban J connectivity index is 0.00000264. The van der Waals surface area contributed by atoms with Crippen molar-refractivity contribution in [2.24, 2.45) is 4.99 Å². The van der Waals surface area contributed by atoms with E-state index in [0.29, 0.717) is 0 Å². The molecule has 130 valence electrons. The predicted molar refractivity (Wildman–Crippen MR) is 108 cm³/mol. The molecule has 0 unspecified atom stereocenters. The molecule has 6 heteroatoms. The van der Waals surface area contributed by atoms with Crippen LogP contribution in [0.15, 0.2) is 29.3 Å². The third-order valence-electron chi connectivity index (χ3n) is 4.40. The second-order valence-corrected chi connectivity index (χ2v) is 6.28. The van der Waals surface area contributed by atoms with Gasteiger partial charge in [0.05, 0.1) is 0 Å². The first-order valence-corrected chi connectivity index (χ1v) is 8.27. The standard InChI is InChI=1S/C17H26ClN3O.HI/c1-19-16(20-11-4-12-22-2)21-13-17(9-3-10-17)14-5-7-15(18)8-6-14;/h5-8H,3-4,9-13H2,1-2H3,(H2,19,20,21);1H. The van der Waals surface area contributed by atoms with Crippen LogP contribution in [0.25, 0.3) is 0 Å². The predicted octanol–water partition coefficient (Wildman–Crippen LogP) is 3.58. The summed E-state index contributed by atoms with van der Waals surface area (Å²) in [6.07, 6.45) is 4.67.